The van der Waals surface area contributed by atoms with Crippen LogP contribution in [0.5, 0.6) is 0 Å². The van der Waals surface area contributed by atoms with E-state index in [0.29, 0.717) is 16.7 Å². The Labute approximate surface area is 482 Å². The first-order valence-electron chi connectivity index (χ1n) is 26.1. The van der Waals surface area contributed by atoms with Crippen molar-refractivity contribution in [3.8, 4) is 18.2 Å². The van der Waals surface area contributed by atoms with E-state index in [-0.39, 0.29) is 11.1 Å². The highest BCUT2D eigenvalue weighted by Crippen LogP contribution is 2.43. The first kappa shape index (κ1) is 57.5. The second kappa shape index (κ2) is 26.3. The van der Waals surface area contributed by atoms with Crippen LogP contribution in [0.1, 0.15) is 34.7 Å². The van der Waals surface area contributed by atoms with E-state index < -0.39 is 23.5 Å². The monoisotopic (exact) mass is 1090 g/mol. The third-order valence-electron chi connectivity index (χ3n) is 13.2. The molecule has 83 heavy (non-hydrogen) atoms. The lowest BCUT2D eigenvalue weighted by Crippen LogP contribution is -2.16. The maximum atomic E-state index is 11.7. The minimum atomic E-state index is -1.34. The van der Waals surface area contributed by atoms with Crippen molar-refractivity contribution < 1.29 is 29.7 Å². The predicted molar refractivity (Wildman–Crippen MR) is 329 cm³/mol. The molecular weight excluding hydrogens is 1030 g/mol. The van der Waals surface area contributed by atoms with E-state index in [2.05, 4.69) is 44.4 Å². The molecule has 0 aliphatic heterocycles. The summed E-state index contributed by atoms with van der Waals surface area (Å²) in [6.07, 6.45) is 9.34. The number of nitrogens with zero attached hydrogens (tertiary/aromatic N) is 7. The van der Waals surface area contributed by atoms with Crippen molar-refractivity contribution in [3.63, 3.8) is 0 Å². The molecule has 0 fully saturated rings. The van der Waals surface area contributed by atoms with Crippen molar-refractivity contribution in [2.24, 2.45) is 0 Å². The Morgan fingerprint density at radius 1 is 0.410 bits per heavy atom. The lowest BCUT2D eigenvalue weighted by Gasteiger charge is -2.30. The van der Waals surface area contributed by atoms with Gasteiger partial charge in [0.05, 0.1) is 0 Å². The molecule has 0 aliphatic rings. The average molecular weight is 1090 g/mol. The molecule has 0 saturated heterocycles. The zero-order chi connectivity index (χ0) is 59.2. The fourth-order valence-electron chi connectivity index (χ4n) is 9.27. The zero-order valence-corrected chi connectivity index (χ0v) is 45.8. The van der Waals surface area contributed by atoms with Crippen molar-refractivity contribution >= 4 is 92.6 Å². The molecule has 8 rings (SSSR count). The molecule has 0 aromatic heterocycles. The summed E-state index contributed by atoms with van der Waals surface area (Å²) in [7, 11) is 0. The minimum Gasteiger partial charge on any atom is -0.477 e. The Morgan fingerprint density at radius 3 is 1.02 bits per heavy atom. The van der Waals surface area contributed by atoms with E-state index in [1.54, 1.807) is 48.5 Å². The summed E-state index contributed by atoms with van der Waals surface area (Å²) in [5.74, 6) is -3.95. The topological polar surface area (TPSA) is 196 Å². The maximum Gasteiger partial charge on any atom is 0.346 e. The summed E-state index contributed by atoms with van der Waals surface area (Å²) in [4.78, 5) is 43.4. The summed E-state index contributed by atoms with van der Waals surface area (Å²) in [6.45, 7) is 12.0. The highest BCUT2D eigenvalue weighted by atomic mass is 16.4. The number of aliphatic carboxylic acids is 3. The van der Waals surface area contributed by atoms with Crippen molar-refractivity contribution in [2.75, 3.05) is 19.6 Å². The van der Waals surface area contributed by atoms with E-state index in [9.17, 15) is 45.5 Å². The van der Waals surface area contributed by atoms with Gasteiger partial charge in [0.1, 0.15) is 34.9 Å². The Morgan fingerprint density at radius 2 is 0.711 bits per heavy atom. The molecule has 0 aliphatic carbocycles. The van der Waals surface area contributed by atoms with E-state index in [1.165, 1.54) is 18.2 Å². The van der Waals surface area contributed by atoms with Gasteiger partial charge < -0.3 is 34.9 Å². The van der Waals surface area contributed by atoms with Crippen LogP contribution in [0.3, 0.4) is 0 Å². The molecule has 0 spiro atoms. The van der Waals surface area contributed by atoms with Gasteiger partial charge >= 0.3 is 17.9 Å². The molecule has 0 unspecified atom stereocenters. The van der Waals surface area contributed by atoms with Crippen LogP contribution in [-0.4, -0.2) is 33.2 Å². The lowest BCUT2D eigenvalue weighted by molar-refractivity contribution is -0.133. The summed E-state index contributed by atoms with van der Waals surface area (Å²) in [5.41, 5.74) is 13.4. The number of rotatable bonds is 20. The quantitative estimate of drug-likeness (QED) is 0.0371. The minimum absolute atomic E-state index is 0.330. The molecule has 0 radical (unpaired) electrons. The van der Waals surface area contributed by atoms with Crippen molar-refractivity contribution in [1.29, 1.82) is 15.8 Å². The smallest absolute Gasteiger partial charge is 0.346 e. The number of carboxylic acids is 3. The number of hydrogen-bond donors (Lipinski definition) is 3. The van der Waals surface area contributed by atoms with E-state index >= 15 is 0 Å². The first-order valence-corrected chi connectivity index (χ1v) is 26.1. The molecule has 0 amide bonds. The highest BCUT2D eigenvalue weighted by Gasteiger charge is 2.21. The van der Waals surface area contributed by atoms with Crippen LogP contribution in [-0.2, 0) is 14.4 Å². The SMILES string of the molecule is C=C(/C=C\C(=C/C)N(c1ccc(N(c2ccc(N(c3ccc(/C=C(/C#N)C(=O)O)cc3)c3cccc(C)c3)cc2)c2ccc(N(c3ccc(/C=C(/C#N)C(=O)O)cc3)c3cccc(C)c3)cc2)cc1)c1cccc(C)c1)/C=C(\C#N)C(=O)O. The van der Waals surface area contributed by atoms with E-state index in [0.717, 1.165) is 84.9 Å². The van der Waals surface area contributed by atoms with Gasteiger partial charge in [-0.1, -0.05) is 79.4 Å². The van der Waals surface area contributed by atoms with Gasteiger partial charge in [0, 0.05) is 68.3 Å². The molecule has 0 bridgehead atoms. The van der Waals surface area contributed by atoms with Crippen molar-refractivity contribution in [2.45, 2.75) is 27.7 Å². The van der Waals surface area contributed by atoms with Gasteiger partial charge in [-0.15, -0.1) is 0 Å². The molecule has 0 atom stereocenters. The van der Waals surface area contributed by atoms with Crippen LogP contribution < -0.4 is 19.6 Å². The number of carboxylic acid groups (broad SMARTS) is 3. The molecule has 406 valence electrons. The van der Waals surface area contributed by atoms with Crippen LogP contribution in [0, 0.1) is 54.8 Å². The molecule has 3 N–H and O–H groups in total. The highest BCUT2D eigenvalue weighted by molar-refractivity contribution is 5.97. The Balaban J connectivity index is 1.24. The molecular formula is C70H55N7O6. The standard InChI is InChI=1S/C70H55N7O6/c1-6-56(21-16-50(5)38-53(44-71)68(78)79)74(65-13-7-10-47(2)39-65)59-26-28-60(29-27-59)75(61-30-34-63(35-31-61)76(66-14-8-11-48(3)40-66)57-22-17-51(18-23-57)42-54(45-72)69(80)81)62-32-36-64(37-33-62)77(67-15-9-12-49(4)41-67)58-24-19-52(20-25-58)43-55(46-73)70(82)83/h6-43H,5H2,1-4H3,(H,78,79)(H,80,81)(H,82,83)/b21-16-,53-38+,54-42-,55-43-,56-6+. The van der Waals surface area contributed by atoms with Gasteiger partial charge in [-0.2, -0.15) is 15.8 Å². The van der Waals surface area contributed by atoms with Crippen LogP contribution in [0.25, 0.3) is 12.2 Å². The van der Waals surface area contributed by atoms with Crippen molar-refractivity contribution in [1.82, 2.24) is 0 Å². The summed E-state index contributed by atoms with van der Waals surface area (Å²) >= 11 is 0. The van der Waals surface area contributed by atoms with Gasteiger partial charge in [-0.25, -0.2) is 14.4 Å². The summed E-state index contributed by atoms with van der Waals surface area (Å²) in [6, 6.07) is 68.6. The number of benzene rings is 8. The Bertz CT molecular complexity index is 3870. The van der Waals surface area contributed by atoms with Gasteiger partial charge in [0.15, 0.2) is 0 Å². The Hall–Kier alpha value is -11.7. The van der Waals surface area contributed by atoms with Crippen LogP contribution >= 0.6 is 0 Å². The number of carbonyl (C=O) groups is 3. The molecule has 13 nitrogen and oxygen atoms in total. The largest absolute Gasteiger partial charge is 0.477 e. The fourth-order valence-corrected chi connectivity index (χ4v) is 9.27. The lowest BCUT2D eigenvalue weighted by atomic mass is 10.1. The van der Waals surface area contributed by atoms with Crippen molar-refractivity contribution in [3.05, 3.63) is 281 Å². The number of nitriles is 3. The molecule has 0 heterocycles. The second-order valence-corrected chi connectivity index (χ2v) is 19.1. The average Bonchev–Trinajstić information content (AvgIpc) is 3.62. The van der Waals surface area contributed by atoms with Gasteiger partial charge in [-0.3, -0.25) is 0 Å². The third kappa shape index (κ3) is 13.9. The molecule has 0 saturated carbocycles. The molecule has 8 aromatic rings. The van der Waals surface area contributed by atoms with Gasteiger partial charge in [0.25, 0.3) is 0 Å². The fraction of sp³-hybridized carbons (Fsp3) is 0.0571. The number of aryl methyl sites for hydroxylation is 3. The van der Waals surface area contributed by atoms with E-state index in [4.69, 9.17) is 0 Å². The second-order valence-electron chi connectivity index (χ2n) is 19.1. The predicted octanol–water partition coefficient (Wildman–Crippen LogP) is 16.7. The molecule has 8 aromatic carbocycles. The van der Waals surface area contributed by atoms with Crippen LogP contribution in [0.2, 0.25) is 0 Å². The van der Waals surface area contributed by atoms with Gasteiger partial charge in [0.2, 0.25) is 0 Å². The van der Waals surface area contributed by atoms with Crippen LogP contribution in [0.4, 0.5) is 62.6 Å². The number of anilines is 11. The van der Waals surface area contributed by atoms with Gasteiger partial charge in [-0.05, 0) is 219 Å². The van der Waals surface area contributed by atoms with Crippen LogP contribution in [0.15, 0.2) is 253 Å². The third-order valence-corrected chi connectivity index (χ3v) is 13.2. The first-order chi connectivity index (χ1) is 40.1. The summed E-state index contributed by atoms with van der Waals surface area (Å²) < 4.78 is 0. The maximum absolute atomic E-state index is 11.7. The van der Waals surface area contributed by atoms with E-state index in [1.807, 2.05) is 192 Å². The number of allylic oxidation sites excluding steroid dienone is 5. The molecule has 13 heteroatoms. The normalized spacial score (nSPS) is 11.7. The zero-order valence-electron chi connectivity index (χ0n) is 45.8. The number of hydrogen-bond acceptors (Lipinski definition) is 10. The Kier molecular flexibility index (Phi) is 18.2. The summed E-state index contributed by atoms with van der Waals surface area (Å²) in [5, 5.41) is 56.8.